The summed E-state index contributed by atoms with van der Waals surface area (Å²) in [5, 5.41) is 0. The normalized spacial score (nSPS) is 30.0. The minimum Gasteiger partial charge on any atom is -0.312 e. The molecule has 0 aromatic carbocycles. The van der Waals surface area contributed by atoms with Crippen molar-refractivity contribution in [1.82, 2.24) is 4.90 Å². The predicted octanol–water partition coefficient (Wildman–Crippen LogP) is 1.17. The molecule has 0 spiro atoms. The number of hydrogen-bond acceptors (Lipinski definition) is 2. The first-order chi connectivity index (χ1) is 5.42. The molecule has 72 valence electrons. The van der Waals surface area contributed by atoms with Crippen LogP contribution in [0.4, 0.5) is 17.6 Å². The molecule has 0 aromatic rings. The largest absolute Gasteiger partial charge is 0.345 e. The fourth-order valence-corrected chi connectivity index (χ4v) is 1.21. The van der Waals surface area contributed by atoms with Gasteiger partial charge in [0.1, 0.15) is 6.10 Å². The Hall–Kier alpha value is -0.360. The van der Waals surface area contributed by atoms with Crippen LogP contribution in [0.2, 0.25) is 0 Å². The van der Waals surface area contributed by atoms with Crippen LogP contribution in [-0.4, -0.2) is 43.7 Å². The van der Waals surface area contributed by atoms with Crippen LogP contribution in [-0.2, 0) is 4.74 Å². The number of nitrogens with zero attached hydrogens (tertiary/aromatic N) is 1. The van der Waals surface area contributed by atoms with E-state index >= 15 is 0 Å². The fourth-order valence-electron chi connectivity index (χ4n) is 1.21. The Bertz CT molecular complexity index is 164. The number of hydrogen-bond donors (Lipinski definition) is 0. The summed E-state index contributed by atoms with van der Waals surface area (Å²) in [5.74, 6) is -3.16. The number of likely N-dealkylation sites (tertiary alicyclic amines) is 1. The minimum atomic E-state index is -3.16. The number of alkyl halides is 4. The van der Waals surface area contributed by atoms with Crippen LogP contribution in [0.1, 0.15) is 0 Å². The van der Waals surface area contributed by atoms with E-state index in [1.807, 2.05) is 0 Å². The maximum Gasteiger partial charge on any atom is 0.345 e. The molecule has 1 rings (SSSR count). The van der Waals surface area contributed by atoms with Crippen molar-refractivity contribution < 1.29 is 22.3 Å². The molecule has 0 aromatic heterocycles. The van der Waals surface area contributed by atoms with Crippen LogP contribution in [0.15, 0.2) is 0 Å². The molecule has 0 radical (unpaired) electrons. The lowest BCUT2D eigenvalue weighted by molar-refractivity contribution is -0.210. The van der Waals surface area contributed by atoms with Crippen molar-refractivity contribution in [2.75, 3.05) is 20.1 Å². The molecule has 1 aliphatic heterocycles. The fraction of sp³-hybridized carbons (Fsp3) is 1.00. The van der Waals surface area contributed by atoms with Crippen molar-refractivity contribution in [1.29, 1.82) is 0 Å². The van der Waals surface area contributed by atoms with Crippen molar-refractivity contribution >= 4 is 0 Å². The van der Waals surface area contributed by atoms with E-state index in [9.17, 15) is 17.6 Å². The van der Waals surface area contributed by atoms with Crippen molar-refractivity contribution in [3.63, 3.8) is 0 Å². The number of likely N-dealkylation sites (N-methyl/N-ethyl adjacent to an activating group) is 1. The summed E-state index contributed by atoms with van der Waals surface area (Å²) in [6, 6.07) is 0. The molecule has 1 saturated heterocycles. The maximum absolute atomic E-state index is 12.7. The topological polar surface area (TPSA) is 12.5 Å². The lowest BCUT2D eigenvalue weighted by Gasteiger charge is -2.17. The Morgan fingerprint density at radius 3 is 2.42 bits per heavy atom. The monoisotopic (exact) mass is 187 g/mol. The summed E-state index contributed by atoms with van der Waals surface area (Å²) in [7, 11) is 1.43. The highest BCUT2D eigenvalue weighted by molar-refractivity contribution is 4.90. The van der Waals surface area contributed by atoms with Gasteiger partial charge < -0.3 is 4.74 Å². The molecule has 1 heterocycles. The highest BCUT2D eigenvalue weighted by atomic mass is 19.3. The van der Waals surface area contributed by atoms with Crippen molar-refractivity contribution in [3.05, 3.63) is 0 Å². The van der Waals surface area contributed by atoms with Gasteiger partial charge in [-0.2, -0.15) is 8.78 Å². The van der Waals surface area contributed by atoms with Gasteiger partial charge in [0.15, 0.2) is 0 Å². The van der Waals surface area contributed by atoms with Gasteiger partial charge in [0.2, 0.25) is 0 Å². The Balaban J connectivity index is 2.53. The highest BCUT2D eigenvalue weighted by Gasteiger charge is 2.48. The zero-order valence-corrected chi connectivity index (χ0v) is 6.44. The van der Waals surface area contributed by atoms with Gasteiger partial charge in [-0.1, -0.05) is 0 Å². The number of rotatable bonds is 2. The van der Waals surface area contributed by atoms with Gasteiger partial charge in [-0.25, -0.2) is 8.78 Å². The number of ether oxygens (including phenoxy) is 1. The van der Waals surface area contributed by atoms with Gasteiger partial charge >= 0.3 is 6.61 Å². The van der Waals surface area contributed by atoms with Crippen LogP contribution < -0.4 is 0 Å². The Morgan fingerprint density at radius 2 is 2.08 bits per heavy atom. The average molecular weight is 187 g/mol. The third-order valence-electron chi connectivity index (χ3n) is 1.70. The second kappa shape index (κ2) is 3.18. The first-order valence-corrected chi connectivity index (χ1v) is 3.42. The van der Waals surface area contributed by atoms with Crippen LogP contribution in [0.5, 0.6) is 0 Å². The van der Waals surface area contributed by atoms with Crippen molar-refractivity contribution in [2.45, 2.75) is 18.6 Å². The minimum absolute atomic E-state index is 0.155. The maximum atomic E-state index is 12.7. The second-order valence-corrected chi connectivity index (χ2v) is 2.84. The Kier molecular flexibility index (Phi) is 2.58. The summed E-state index contributed by atoms with van der Waals surface area (Å²) < 4.78 is 52.4. The van der Waals surface area contributed by atoms with Gasteiger partial charge in [0.25, 0.3) is 5.92 Å². The Morgan fingerprint density at radius 1 is 1.50 bits per heavy atom. The van der Waals surface area contributed by atoms with E-state index < -0.39 is 25.2 Å². The number of halogens is 4. The zero-order chi connectivity index (χ0) is 9.35. The standard InChI is InChI=1S/C6H9F4NO/c1-11-2-4(12-5(7)8)6(9,10)3-11/h4-5H,2-3H2,1H3. The lowest BCUT2D eigenvalue weighted by Crippen LogP contribution is -2.35. The molecule has 1 aliphatic rings. The SMILES string of the molecule is CN1CC(OC(F)F)C(F)(F)C1. The van der Waals surface area contributed by atoms with Crippen molar-refractivity contribution in [3.8, 4) is 0 Å². The smallest absolute Gasteiger partial charge is 0.312 e. The van der Waals surface area contributed by atoms with Gasteiger partial charge in [-0.15, -0.1) is 0 Å². The first-order valence-electron chi connectivity index (χ1n) is 3.42. The van der Waals surface area contributed by atoms with E-state index in [1.54, 1.807) is 0 Å². The summed E-state index contributed by atoms with van der Waals surface area (Å²) in [6.45, 7) is -3.81. The molecule has 1 fully saturated rings. The summed E-state index contributed by atoms with van der Waals surface area (Å²) >= 11 is 0. The Labute approximate surface area is 67.1 Å². The van der Waals surface area contributed by atoms with Gasteiger partial charge in [0.05, 0.1) is 6.54 Å². The van der Waals surface area contributed by atoms with Crippen LogP contribution >= 0.6 is 0 Å². The molecule has 0 bridgehead atoms. The molecular formula is C6H9F4NO. The van der Waals surface area contributed by atoms with Crippen LogP contribution in [0.3, 0.4) is 0 Å². The molecular weight excluding hydrogens is 178 g/mol. The van der Waals surface area contributed by atoms with Gasteiger partial charge in [0, 0.05) is 6.54 Å². The average Bonchev–Trinajstić information content (AvgIpc) is 2.04. The lowest BCUT2D eigenvalue weighted by atomic mass is 10.2. The molecule has 0 saturated carbocycles. The molecule has 12 heavy (non-hydrogen) atoms. The van der Waals surface area contributed by atoms with E-state index in [0.29, 0.717) is 0 Å². The highest BCUT2D eigenvalue weighted by Crippen LogP contribution is 2.29. The molecule has 0 N–H and O–H groups in total. The molecule has 1 atom stereocenters. The predicted molar refractivity (Wildman–Crippen MR) is 33.3 cm³/mol. The molecule has 0 amide bonds. The second-order valence-electron chi connectivity index (χ2n) is 2.84. The molecule has 6 heteroatoms. The summed E-state index contributed by atoms with van der Waals surface area (Å²) in [4.78, 5) is 1.26. The van der Waals surface area contributed by atoms with E-state index in [1.165, 1.54) is 11.9 Å². The van der Waals surface area contributed by atoms with E-state index in [2.05, 4.69) is 4.74 Å². The van der Waals surface area contributed by atoms with Crippen LogP contribution in [0.25, 0.3) is 0 Å². The van der Waals surface area contributed by atoms with Crippen LogP contribution in [0, 0.1) is 0 Å². The van der Waals surface area contributed by atoms with E-state index in [-0.39, 0.29) is 6.54 Å². The summed E-state index contributed by atoms with van der Waals surface area (Å²) in [5.41, 5.74) is 0. The summed E-state index contributed by atoms with van der Waals surface area (Å²) in [6.07, 6.45) is -1.68. The third-order valence-corrected chi connectivity index (χ3v) is 1.70. The van der Waals surface area contributed by atoms with Crippen molar-refractivity contribution in [2.24, 2.45) is 0 Å². The van der Waals surface area contributed by atoms with Gasteiger partial charge in [-0.05, 0) is 7.05 Å². The third kappa shape index (κ3) is 2.07. The van der Waals surface area contributed by atoms with E-state index in [4.69, 9.17) is 0 Å². The van der Waals surface area contributed by atoms with Gasteiger partial charge in [-0.3, -0.25) is 4.90 Å². The molecule has 1 unspecified atom stereocenters. The zero-order valence-electron chi connectivity index (χ0n) is 6.44. The first kappa shape index (κ1) is 9.73. The molecule has 0 aliphatic carbocycles. The van der Waals surface area contributed by atoms with E-state index in [0.717, 1.165) is 0 Å². The molecule has 2 nitrogen and oxygen atoms in total. The quantitative estimate of drug-likeness (QED) is 0.602.